The molecule has 1 aliphatic carbocycles. The van der Waals surface area contributed by atoms with Crippen molar-refractivity contribution < 1.29 is 9.59 Å². The lowest BCUT2D eigenvalue weighted by molar-refractivity contribution is -0.136. The molecule has 234 valence electrons. The van der Waals surface area contributed by atoms with Gasteiger partial charge in [0, 0.05) is 48.7 Å². The number of nitrogens with zero attached hydrogens (tertiary/aromatic N) is 4. The highest BCUT2D eigenvalue weighted by molar-refractivity contribution is 6.09. The van der Waals surface area contributed by atoms with Gasteiger partial charge in [0.2, 0.25) is 5.91 Å². The van der Waals surface area contributed by atoms with Gasteiger partial charge in [0.05, 0.1) is 23.3 Å². The Labute approximate surface area is 263 Å². The van der Waals surface area contributed by atoms with Crippen molar-refractivity contribution in [2.45, 2.75) is 77.3 Å². The summed E-state index contributed by atoms with van der Waals surface area (Å²) in [4.78, 5) is 39.6. The number of likely N-dealkylation sites (tertiary alicyclic amines) is 1. The fourth-order valence-electron chi connectivity index (χ4n) is 7.55. The molecular formula is C37H49N5O2. The Morgan fingerprint density at radius 1 is 0.864 bits per heavy atom. The summed E-state index contributed by atoms with van der Waals surface area (Å²) in [6.45, 7) is 8.84. The highest BCUT2D eigenvalue weighted by atomic mass is 16.2. The molecular weight excluding hydrogens is 546 g/mol. The Balaban J connectivity index is 1.25. The number of carbonyl (C=O) groups excluding carboxylic acids is 2. The third kappa shape index (κ3) is 7.32. The number of rotatable bonds is 10. The number of para-hydroxylation sites is 1. The number of hydrogen-bond donors (Lipinski definition) is 1. The average molecular weight is 596 g/mol. The van der Waals surface area contributed by atoms with E-state index in [2.05, 4.69) is 34.2 Å². The van der Waals surface area contributed by atoms with Gasteiger partial charge >= 0.3 is 0 Å². The van der Waals surface area contributed by atoms with E-state index in [0.29, 0.717) is 24.6 Å². The number of piperidine rings is 1. The first-order valence-electron chi connectivity index (χ1n) is 17.1. The zero-order chi connectivity index (χ0) is 30.3. The number of nitrogens with one attached hydrogen (secondary N) is 1. The third-order valence-corrected chi connectivity index (χ3v) is 10.1. The first kappa shape index (κ1) is 30.7. The van der Waals surface area contributed by atoms with Crippen LogP contribution in [0.15, 0.2) is 54.6 Å². The van der Waals surface area contributed by atoms with Crippen LogP contribution in [0.4, 0.5) is 0 Å². The molecule has 2 aliphatic heterocycles. The topological polar surface area (TPSA) is 68.8 Å². The van der Waals surface area contributed by atoms with Crippen LogP contribution in [-0.4, -0.2) is 83.4 Å². The van der Waals surface area contributed by atoms with Gasteiger partial charge in [-0.3, -0.25) is 14.5 Å². The van der Waals surface area contributed by atoms with E-state index in [1.165, 1.54) is 64.5 Å². The number of fused-ring (bicyclic) bond motifs is 1. The molecule has 0 spiro atoms. The van der Waals surface area contributed by atoms with E-state index in [0.717, 1.165) is 60.3 Å². The minimum Gasteiger partial charge on any atom is -0.349 e. The maximum absolute atomic E-state index is 14.3. The van der Waals surface area contributed by atoms with E-state index in [9.17, 15) is 9.59 Å². The lowest BCUT2D eigenvalue weighted by atomic mass is 9.84. The van der Waals surface area contributed by atoms with Crippen LogP contribution in [0.3, 0.4) is 0 Å². The van der Waals surface area contributed by atoms with Gasteiger partial charge in [-0.15, -0.1) is 0 Å². The summed E-state index contributed by atoms with van der Waals surface area (Å²) in [6.07, 6.45) is 11.1. The fraction of sp³-hybridized carbons (Fsp3) is 0.541. The zero-order valence-electron chi connectivity index (χ0n) is 26.5. The van der Waals surface area contributed by atoms with Crippen LogP contribution < -0.4 is 5.32 Å². The molecule has 2 saturated heterocycles. The van der Waals surface area contributed by atoms with E-state index in [4.69, 9.17) is 4.98 Å². The highest BCUT2D eigenvalue weighted by Crippen LogP contribution is 2.33. The van der Waals surface area contributed by atoms with Crippen LogP contribution >= 0.6 is 0 Å². The summed E-state index contributed by atoms with van der Waals surface area (Å²) in [5.74, 6) is 0.664. The lowest BCUT2D eigenvalue weighted by Crippen LogP contribution is -2.50. The van der Waals surface area contributed by atoms with Crippen molar-refractivity contribution in [2.75, 3.05) is 45.8 Å². The van der Waals surface area contributed by atoms with Gasteiger partial charge < -0.3 is 15.1 Å². The standard InChI is InChI=1S/C37H49N5O2/c1-28(29-14-5-2-6-15-29)38-37(44)35-31-18-9-10-19-33(31)39-36(30-16-7-3-8-17-30)32(35)26-41-24-25-42(34(43)27-41)23-13-22-40-20-11-4-12-21-40/h3,7-10,16-19,28-29H,2,4-6,11-15,20-27H2,1H3,(H,38,44)/t28-/m0/s1. The summed E-state index contributed by atoms with van der Waals surface area (Å²) in [5.41, 5.74) is 4.25. The Kier molecular flexibility index (Phi) is 10.2. The molecule has 6 rings (SSSR count). The molecule has 1 saturated carbocycles. The second-order valence-electron chi connectivity index (χ2n) is 13.2. The van der Waals surface area contributed by atoms with Crippen LogP contribution in [0.5, 0.6) is 0 Å². The number of piperazine rings is 1. The fourth-order valence-corrected chi connectivity index (χ4v) is 7.55. The van der Waals surface area contributed by atoms with Crippen molar-refractivity contribution in [1.29, 1.82) is 0 Å². The zero-order valence-corrected chi connectivity index (χ0v) is 26.5. The number of benzene rings is 2. The minimum absolute atomic E-state index is 0.0310. The van der Waals surface area contributed by atoms with Gasteiger partial charge in [0.1, 0.15) is 0 Å². The summed E-state index contributed by atoms with van der Waals surface area (Å²) < 4.78 is 0. The molecule has 0 bridgehead atoms. The van der Waals surface area contributed by atoms with Gasteiger partial charge in [-0.05, 0) is 70.6 Å². The molecule has 0 radical (unpaired) electrons. The van der Waals surface area contributed by atoms with Crippen molar-refractivity contribution in [3.05, 3.63) is 65.7 Å². The van der Waals surface area contributed by atoms with E-state index in [1.807, 2.05) is 47.4 Å². The van der Waals surface area contributed by atoms with Crippen LogP contribution in [-0.2, 0) is 11.3 Å². The monoisotopic (exact) mass is 595 g/mol. The van der Waals surface area contributed by atoms with Crippen molar-refractivity contribution in [3.8, 4) is 11.3 Å². The molecule has 1 aromatic heterocycles. The molecule has 3 heterocycles. The van der Waals surface area contributed by atoms with E-state index >= 15 is 0 Å². The number of pyridine rings is 1. The first-order chi connectivity index (χ1) is 21.6. The summed E-state index contributed by atoms with van der Waals surface area (Å²) >= 11 is 0. The van der Waals surface area contributed by atoms with Crippen molar-refractivity contribution in [1.82, 2.24) is 25.0 Å². The molecule has 7 heteroatoms. The average Bonchev–Trinajstić information content (AvgIpc) is 3.06. The van der Waals surface area contributed by atoms with Gasteiger partial charge in [-0.1, -0.05) is 74.2 Å². The second kappa shape index (κ2) is 14.7. The summed E-state index contributed by atoms with van der Waals surface area (Å²) in [7, 11) is 0. The van der Waals surface area contributed by atoms with Gasteiger partial charge in [0.25, 0.3) is 5.91 Å². The summed E-state index contributed by atoms with van der Waals surface area (Å²) in [5, 5.41) is 4.29. The van der Waals surface area contributed by atoms with E-state index in [1.54, 1.807) is 0 Å². The minimum atomic E-state index is -0.0310. The quantitative estimate of drug-likeness (QED) is 0.306. The molecule has 3 aliphatic rings. The van der Waals surface area contributed by atoms with Crippen LogP contribution in [0.2, 0.25) is 0 Å². The Morgan fingerprint density at radius 2 is 1.59 bits per heavy atom. The van der Waals surface area contributed by atoms with Crippen molar-refractivity contribution in [2.24, 2.45) is 5.92 Å². The van der Waals surface area contributed by atoms with Gasteiger partial charge in [-0.25, -0.2) is 4.98 Å². The number of hydrogen-bond acceptors (Lipinski definition) is 5. The SMILES string of the molecule is C[C@H](NC(=O)c1c(CN2CCN(CCCN3CCCCC3)C(=O)C2)c(-c2ccccc2)nc2ccccc12)C1CCCCC1. The number of carbonyl (C=O) groups is 2. The number of aromatic nitrogens is 1. The molecule has 3 fully saturated rings. The normalized spacial score (nSPS) is 19.8. The molecule has 1 atom stereocenters. The van der Waals surface area contributed by atoms with E-state index < -0.39 is 0 Å². The van der Waals surface area contributed by atoms with Crippen LogP contribution in [0.25, 0.3) is 22.2 Å². The largest absolute Gasteiger partial charge is 0.349 e. The molecule has 2 aromatic carbocycles. The molecule has 1 N–H and O–H groups in total. The Bertz CT molecular complexity index is 1410. The van der Waals surface area contributed by atoms with Gasteiger partial charge in [-0.2, -0.15) is 0 Å². The maximum Gasteiger partial charge on any atom is 0.252 e. The van der Waals surface area contributed by atoms with Crippen LogP contribution in [0.1, 0.15) is 80.6 Å². The van der Waals surface area contributed by atoms with Crippen molar-refractivity contribution in [3.63, 3.8) is 0 Å². The Morgan fingerprint density at radius 3 is 2.36 bits per heavy atom. The van der Waals surface area contributed by atoms with Gasteiger partial charge in [0.15, 0.2) is 0 Å². The number of amides is 2. The first-order valence-corrected chi connectivity index (χ1v) is 17.1. The molecule has 7 nitrogen and oxygen atoms in total. The molecule has 0 unspecified atom stereocenters. The van der Waals surface area contributed by atoms with Crippen molar-refractivity contribution >= 4 is 22.7 Å². The lowest BCUT2D eigenvalue weighted by Gasteiger charge is -2.35. The predicted molar refractivity (Wildman–Crippen MR) is 177 cm³/mol. The smallest absolute Gasteiger partial charge is 0.252 e. The predicted octanol–water partition coefficient (Wildman–Crippen LogP) is 6.12. The van der Waals surface area contributed by atoms with E-state index in [-0.39, 0.29) is 17.9 Å². The highest BCUT2D eigenvalue weighted by Gasteiger charge is 2.29. The van der Waals surface area contributed by atoms with Crippen LogP contribution in [0, 0.1) is 5.92 Å². The molecule has 2 amide bonds. The summed E-state index contributed by atoms with van der Waals surface area (Å²) in [6, 6.07) is 18.3. The maximum atomic E-state index is 14.3. The third-order valence-electron chi connectivity index (χ3n) is 10.1. The molecule has 44 heavy (non-hydrogen) atoms. The molecule has 3 aromatic rings. The second-order valence-corrected chi connectivity index (χ2v) is 13.2. The Hall–Kier alpha value is -3.29.